The topological polar surface area (TPSA) is 66.0 Å². The average Bonchev–Trinajstić information content (AvgIpc) is 3.29. The third-order valence-electron chi connectivity index (χ3n) is 3.99. The Morgan fingerprint density at radius 2 is 2.00 bits per heavy atom. The van der Waals surface area contributed by atoms with Crippen LogP contribution in [0.4, 0.5) is 0 Å². The van der Waals surface area contributed by atoms with Crippen molar-refractivity contribution in [3.63, 3.8) is 0 Å². The highest BCUT2D eigenvalue weighted by Gasteiger charge is 2.11. The lowest BCUT2D eigenvalue weighted by Gasteiger charge is -2.02. The van der Waals surface area contributed by atoms with Gasteiger partial charge in [-0.3, -0.25) is 0 Å². The molecule has 0 spiro atoms. The van der Waals surface area contributed by atoms with Gasteiger partial charge < -0.3 is 13.8 Å². The molecule has 26 heavy (non-hydrogen) atoms. The average molecular weight is 369 g/mol. The molecule has 0 saturated carbocycles. The van der Waals surface area contributed by atoms with E-state index in [-0.39, 0.29) is 6.61 Å². The number of aromatic nitrogens is 4. The summed E-state index contributed by atoms with van der Waals surface area (Å²) >= 11 is 5.86. The summed E-state index contributed by atoms with van der Waals surface area (Å²) in [4.78, 5) is 8.85. The molecule has 2 aromatic heterocycles. The van der Waals surface area contributed by atoms with Gasteiger partial charge in [0.15, 0.2) is 6.61 Å². The number of imidazole rings is 1. The summed E-state index contributed by atoms with van der Waals surface area (Å²) in [6, 6.07) is 13.1. The van der Waals surface area contributed by atoms with Crippen LogP contribution in [0.5, 0.6) is 5.75 Å². The van der Waals surface area contributed by atoms with E-state index >= 15 is 0 Å². The molecule has 0 atom stereocenters. The molecule has 6 nitrogen and oxygen atoms in total. The number of aryl methyl sites for hydroxylation is 1. The zero-order chi connectivity index (χ0) is 17.9. The lowest BCUT2D eigenvalue weighted by molar-refractivity contribution is 0.243. The Morgan fingerprint density at radius 3 is 2.81 bits per heavy atom. The predicted octanol–water partition coefficient (Wildman–Crippen LogP) is 4.73. The fraction of sp³-hybridized carbons (Fsp3) is 0.211. The molecular weight excluding hydrogens is 352 g/mol. The molecule has 132 valence electrons. The fourth-order valence-electron chi connectivity index (χ4n) is 2.73. The van der Waals surface area contributed by atoms with Gasteiger partial charge in [0, 0.05) is 17.1 Å². The lowest BCUT2D eigenvalue weighted by Crippen LogP contribution is -1.95. The van der Waals surface area contributed by atoms with Gasteiger partial charge in [-0.15, -0.1) is 0 Å². The Morgan fingerprint density at radius 1 is 1.15 bits per heavy atom. The molecule has 2 aromatic carbocycles. The van der Waals surface area contributed by atoms with Gasteiger partial charge in [-0.1, -0.05) is 23.7 Å². The van der Waals surface area contributed by atoms with Crippen LogP contribution in [0.3, 0.4) is 0 Å². The standard InChI is InChI=1S/C19H17ClN4O2/c1-2-9-24-12-21-16-10-13(3-8-17(16)24)19-22-18(26-23-19)11-25-15-6-4-14(20)5-7-15/h3-8,10,12H,2,9,11H2,1H3. The van der Waals surface area contributed by atoms with Crippen LogP contribution in [-0.4, -0.2) is 19.7 Å². The number of fused-ring (bicyclic) bond motifs is 1. The van der Waals surface area contributed by atoms with Crippen LogP contribution in [0.15, 0.2) is 53.3 Å². The Balaban J connectivity index is 1.50. The summed E-state index contributed by atoms with van der Waals surface area (Å²) < 4.78 is 13.0. The lowest BCUT2D eigenvalue weighted by atomic mass is 10.2. The van der Waals surface area contributed by atoms with Crippen LogP contribution in [0.1, 0.15) is 19.2 Å². The van der Waals surface area contributed by atoms with Gasteiger partial charge >= 0.3 is 0 Å². The summed E-state index contributed by atoms with van der Waals surface area (Å²) in [7, 11) is 0. The number of hydrogen-bond acceptors (Lipinski definition) is 5. The Bertz CT molecular complexity index is 1020. The number of rotatable bonds is 6. The minimum Gasteiger partial charge on any atom is -0.484 e. The van der Waals surface area contributed by atoms with Crippen LogP contribution in [0, 0.1) is 0 Å². The highest BCUT2D eigenvalue weighted by Crippen LogP contribution is 2.23. The van der Waals surface area contributed by atoms with Gasteiger partial charge in [-0.05, 0) is 48.9 Å². The monoisotopic (exact) mass is 368 g/mol. The van der Waals surface area contributed by atoms with Crippen molar-refractivity contribution < 1.29 is 9.26 Å². The minimum atomic E-state index is 0.196. The van der Waals surface area contributed by atoms with E-state index < -0.39 is 0 Å². The number of benzene rings is 2. The zero-order valence-corrected chi connectivity index (χ0v) is 15.0. The molecule has 0 radical (unpaired) electrons. The van der Waals surface area contributed by atoms with Crippen LogP contribution in [0.25, 0.3) is 22.4 Å². The third-order valence-corrected chi connectivity index (χ3v) is 4.24. The molecule has 0 unspecified atom stereocenters. The van der Waals surface area contributed by atoms with Crippen molar-refractivity contribution in [1.82, 2.24) is 19.7 Å². The molecule has 7 heteroatoms. The maximum atomic E-state index is 5.86. The first-order valence-corrected chi connectivity index (χ1v) is 8.77. The third kappa shape index (κ3) is 3.41. The molecular formula is C19H17ClN4O2. The highest BCUT2D eigenvalue weighted by atomic mass is 35.5. The molecule has 0 amide bonds. The minimum absolute atomic E-state index is 0.196. The van der Waals surface area contributed by atoms with Gasteiger partial charge in [-0.2, -0.15) is 4.98 Å². The zero-order valence-electron chi connectivity index (χ0n) is 14.2. The molecule has 0 fully saturated rings. The summed E-state index contributed by atoms with van der Waals surface area (Å²) in [6.45, 7) is 3.29. The number of halogens is 1. The fourth-order valence-corrected chi connectivity index (χ4v) is 2.85. The quantitative estimate of drug-likeness (QED) is 0.492. The van der Waals surface area contributed by atoms with Gasteiger partial charge in [-0.25, -0.2) is 4.98 Å². The van der Waals surface area contributed by atoms with Crippen molar-refractivity contribution in [1.29, 1.82) is 0 Å². The molecule has 0 N–H and O–H groups in total. The SMILES string of the molecule is CCCn1cnc2cc(-c3noc(COc4ccc(Cl)cc4)n3)ccc21. The first-order valence-electron chi connectivity index (χ1n) is 8.39. The van der Waals surface area contributed by atoms with Gasteiger partial charge in [0.25, 0.3) is 5.89 Å². The van der Waals surface area contributed by atoms with E-state index in [1.807, 2.05) is 24.5 Å². The summed E-state index contributed by atoms with van der Waals surface area (Å²) in [5, 5.41) is 4.70. The molecule has 0 aliphatic rings. The number of hydrogen-bond donors (Lipinski definition) is 0. The van der Waals surface area contributed by atoms with Crippen LogP contribution < -0.4 is 4.74 Å². The molecule has 4 aromatic rings. The van der Waals surface area contributed by atoms with Crippen LogP contribution in [-0.2, 0) is 13.2 Å². The molecule has 0 aliphatic heterocycles. The maximum absolute atomic E-state index is 5.86. The predicted molar refractivity (Wildman–Crippen MR) is 99.1 cm³/mol. The second-order valence-corrected chi connectivity index (χ2v) is 6.33. The van der Waals surface area contributed by atoms with Gasteiger partial charge in [0.1, 0.15) is 5.75 Å². The van der Waals surface area contributed by atoms with Crippen molar-refractivity contribution in [2.45, 2.75) is 26.5 Å². The van der Waals surface area contributed by atoms with E-state index in [9.17, 15) is 0 Å². The van der Waals surface area contributed by atoms with Crippen LogP contribution in [0.2, 0.25) is 5.02 Å². The van der Waals surface area contributed by atoms with Crippen molar-refractivity contribution >= 4 is 22.6 Å². The second-order valence-electron chi connectivity index (χ2n) is 5.90. The van der Waals surface area contributed by atoms with E-state index in [4.69, 9.17) is 20.9 Å². The van der Waals surface area contributed by atoms with Gasteiger partial charge in [0.05, 0.1) is 17.4 Å². The van der Waals surface area contributed by atoms with Crippen molar-refractivity contribution in [2.24, 2.45) is 0 Å². The highest BCUT2D eigenvalue weighted by molar-refractivity contribution is 6.30. The first-order chi connectivity index (χ1) is 12.7. The molecule has 0 aliphatic carbocycles. The summed E-state index contributed by atoms with van der Waals surface area (Å²) in [6.07, 6.45) is 2.93. The summed E-state index contributed by atoms with van der Waals surface area (Å²) in [5.41, 5.74) is 2.88. The maximum Gasteiger partial charge on any atom is 0.264 e. The Kier molecular flexibility index (Phi) is 4.58. The first kappa shape index (κ1) is 16.6. The van der Waals surface area contributed by atoms with E-state index in [2.05, 4.69) is 26.6 Å². The Hall–Kier alpha value is -2.86. The molecule has 2 heterocycles. The van der Waals surface area contributed by atoms with Crippen LogP contribution >= 0.6 is 11.6 Å². The van der Waals surface area contributed by atoms with Gasteiger partial charge in [0.2, 0.25) is 5.82 Å². The Labute approximate surface area is 155 Å². The number of ether oxygens (including phenoxy) is 1. The number of nitrogens with zero attached hydrogens (tertiary/aromatic N) is 4. The van der Waals surface area contributed by atoms with E-state index in [0.29, 0.717) is 22.5 Å². The van der Waals surface area contributed by atoms with Crippen molar-refractivity contribution in [3.8, 4) is 17.1 Å². The van der Waals surface area contributed by atoms with Crippen molar-refractivity contribution in [2.75, 3.05) is 0 Å². The summed E-state index contributed by atoms with van der Waals surface area (Å²) in [5.74, 6) is 1.62. The van der Waals surface area contributed by atoms with Crippen molar-refractivity contribution in [3.05, 3.63) is 59.7 Å². The largest absolute Gasteiger partial charge is 0.484 e. The smallest absolute Gasteiger partial charge is 0.264 e. The molecule has 0 bridgehead atoms. The normalized spacial score (nSPS) is 11.2. The molecule has 0 saturated heterocycles. The second kappa shape index (κ2) is 7.17. The van der Waals surface area contributed by atoms with E-state index in [0.717, 1.165) is 29.6 Å². The molecule has 4 rings (SSSR count). The van der Waals surface area contributed by atoms with E-state index in [1.165, 1.54) is 0 Å². The van der Waals surface area contributed by atoms with E-state index in [1.54, 1.807) is 24.3 Å².